The van der Waals surface area contributed by atoms with Crippen LogP contribution >= 0.6 is 15.9 Å². The lowest BCUT2D eigenvalue weighted by Gasteiger charge is -2.30. The first kappa shape index (κ1) is 11.9. The maximum absolute atomic E-state index is 11.3. The van der Waals surface area contributed by atoms with E-state index in [-0.39, 0.29) is 11.5 Å². The van der Waals surface area contributed by atoms with Crippen LogP contribution in [-0.4, -0.2) is 33.0 Å². The maximum atomic E-state index is 11.3. The van der Waals surface area contributed by atoms with Gasteiger partial charge in [0, 0.05) is 23.2 Å². The number of anilines is 1. The van der Waals surface area contributed by atoms with E-state index in [1.54, 1.807) is 0 Å². The molecule has 1 fully saturated rings. The molecular weight excluding hydrogens is 290 g/mol. The van der Waals surface area contributed by atoms with Gasteiger partial charge in [0.25, 0.3) is 0 Å². The van der Waals surface area contributed by atoms with Gasteiger partial charge < -0.3 is 4.90 Å². The number of benzene rings is 1. The zero-order chi connectivity index (χ0) is 11.8. The summed E-state index contributed by atoms with van der Waals surface area (Å²) in [5.41, 5.74) is 2.31. The molecule has 1 saturated heterocycles. The minimum atomic E-state index is -2.80. The number of aryl methyl sites for hydroxylation is 1. The van der Waals surface area contributed by atoms with Crippen LogP contribution in [0.5, 0.6) is 0 Å². The van der Waals surface area contributed by atoms with Crippen molar-refractivity contribution < 1.29 is 8.42 Å². The summed E-state index contributed by atoms with van der Waals surface area (Å²) < 4.78 is 23.7. The number of hydrogen-bond donors (Lipinski definition) is 0. The second-order valence-corrected chi connectivity index (χ2v) is 7.29. The summed E-state index contributed by atoms with van der Waals surface area (Å²) in [5.74, 6) is 0.533. The number of nitrogens with zero attached hydrogens (tertiary/aromatic N) is 1. The molecule has 0 bridgehead atoms. The van der Waals surface area contributed by atoms with Crippen LogP contribution in [0.15, 0.2) is 22.7 Å². The third-order valence-electron chi connectivity index (χ3n) is 2.84. The highest BCUT2D eigenvalue weighted by atomic mass is 79.9. The summed E-state index contributed by atoms with van der Waals surface area (Å²) in [6.45, 7) is 3.25. The van der Waals surface area contributed by atoms with Crippen LogP contribution in [0.25, 0.3) is 0 Å². The van der Waals surface area contributed by atoms with Gasteiger partial charge in [-0.2, -0.15) is 0 Å². The molecule has 5 heteroatoms. The average Bonchev–Trinajstić information content (AvgIpc) is 2.19. The fraction of sp³-hybridized carbons (Fsp3) is 0.455. The van der Waals surface area contributed by atoms with Gasteiger partial charge in [0.15, 0.2) is 9.84 Å². The molecule has 1 aliphatic rings. The van der Waals surface area contributed by atoms with Crippen molar-refractivity contribution in [2.75, 3.05) is 29.5 Å². The number of rotatable bonds is 1. The summed E-state index contributed by atoms with van der Waals surface area (Å²) in [6, 6.07) is 6.08. The van der Waals surface area contributed by atoms with Gasteiger partial charge >= 0.3 is 0 Å². The second-order valence-electron chi connectivity index (χ2n) is 4.07. The quantitative estimate of drug-likeness (QED) is 0.796. The first-order valence-corrected chi connectivity index (χ1v) is 7.81. The van der Waals surface area contributed by atoms with Gasteiger partial charge in [-0.3, -0.25) is 0 Å². The lowest BCUT2D eigenvalue weighted by atomic mass is 10.2. The molecule has 0 N–H and O–H groups in total. The summed E-state index contributed by atoms with van der Waals surface area (Å²) in [5, 5.41) is 0. The van der Waals surface area contributed by atoms with E-state index in [1.807, 2.05) is 19.1 Å². The largest absolute Gasteiger partial charge is 0.369 e. The van der Waals surface area contributed by atoms with Gasteiger partial charge in [0.05, 0.1) is 11.5 Å². The summed E-state index contributed by atoms with van der Waals surface area (Å²) in [7, 11) is -2.80. The lowest BCUT2D eigenvalue weighted by Crippen LogP contribution is -2.40. The monoisotopic (exact) mass is 303 g/mol. The number of halogens is 1. The predicted molar refractivity (Wildman–Crippen MR) is 69.7 cm³/mol. The number of sulfone groups is 1. The molecule has 0 atom stereocenters. The van der Waals surface area contributed by atoms with Crippen molar-refractivity contribution in [1.29, 1.82) is 0 Å². The van der Waals surface area contributed by atoms with Crippen molar-refractivity contribution in [2.45, 2.75) is 6.92 Å². The van der Waals surface area contributed by atoms with Crippen molar-refractivity contribution in [1.82, 2.24) is 0 Å². The predicted octanol–water partition coefficient (Wildman–Crippen LogP) is 1.99. The highest BCUT2D eigenvalue weighted by molar-refractivity contribution is 9.10. The second kappa shape index (κ2) is 4.37. The van der Waals surface area contributed by atoms with Crippen LogP contribution in [0.1, 0.15) is 5.56 Å². The Morgan fingerprint density at radius 3 is 2.44 bits per heavy atom. The van der Waals surface area contributed by atoms with E-state index in [0.717, 1.165) is 10.2 Å². The molecule has 0 aliphatic carbocycles. The fourth-order valence-corrected chi connectivity index (χ4v) is 3.60. The van der Waals surface area contributed by atoms with E-state index in [2.05, 4.69) is 26.9 Å². The highest BCUT2D eigenvalue weighted by Gasteiger charge is 2.22. The average molecular weight is 304 g/mol. The molecule has 0 saturated carbocycles. The SMILES string of the molecule is Cc1cc(Br)ccc1N1CCS(=O)(=O)CC1. The minimum absolute atomic E-state index is 0.266. The molecule has 88 valence electrons. The molecule has 16 heavy (non-hydrogen) atoms. The van der Waals surface area contributed by atoms with Crippen LogP contribution in [-0.2, 0) is 9.84 Å². The molecule has 0 amide bonds. The van der Waals surface area contributed by atoms with E-state index < -0.39 is 9.84 Å². The van der Waals surface area contributed by atoms with E-state index in [0.29, 0.717) is 13.1 Å². The van der Waals surface area contributed by atoms with Crippen LogP contribution < -0.4 is 4.90 Å². The third kappa shape index (κ3) is 2.58. The Morgan fingerprint density at radius 1 is 1.25 bits per heavy atom. The van der Waals surface area contributed by atoms with Crippen LogP contribution in [0.4, 0.5) is 5.69 Å². The Kier molecular flexibility index (Phi) is 3.26. The van der Waals surface area contributed by atoms with Crippen molar-refractivity contribution in [3.05, 3.63) is 28.2 Å². The van der Waals surface area contributed by atoms with Crippen molar-refractivity contribution in [3.8, 4) is 0 Å². The molecule has 3 nitrogen and oxygen atoms in total. The molecule has 1 aliphatic heterocycles. The molecule has 0 aromatic heterocycles. The van der Waals surface area contributed by atoms with Gasteiger partial charge in [-0.05, 0) is 30.7 Å². The summed E-state index contributed by atoms with van der Waals surface area (Å²) in [6.07, 6.45) is 0. The first-order valence-electron chi connectivity index (χ1n) is 5.19. The molecule has 0 spiro atoms. The highest BCUT2D eigenvalue weighted by Crippen LogP contribution is 2.25. The van der Waals surface area contributed by atoms with Gasteiger partial charge in [-0.1, -0.05) is 15.9 Å². The van der Waals surface area contributed by atoms with Crippen molar-refractivity contribution >= 4 is 31.5 Å². The lowest BCUT2D eigenvalue weighted by molar-refractivity contribution is 0.586. The van der Waals surface area contributed by atoms with Crippen LogP contribution in [0, 0.1) is 6.92 Å². The summed E-state index contributed by atoms with van der Waals surface area (Å²) in [4.78, 5) is 2.14. The summed E-state index contributed by atoms with van der Waals surface area (Å²) >= 11 is 3.42. The molecule has 0 unspecified atom stereocenters. The van der Waals surface area contributed by atoms with Crippen molar-refractivity contribution in [3.63, 3.8) is 0 Å². The Labute approximate surface area is 105 Å². The zero-order valence-corrected chi connectivity index (χ0v) is 11.5. The molecule has 0 radical (unpaired) electrons. The zero-order valence-electron chi connectivity index (χ0n) is 9.11. The van der Waals surface area contributed by atoms with Gasteiger partial charge in [-0.15, -0.1) is 0 Å². The van der Waals surface area contributed by atoms with Gasteiger partial charge in [-0.25, -0.2) is 8.42 Å². The Balaban J connectivity index is 2.20. The third-order valence-corrected chi connectivity index (χ3v) is 4.95. The molecular formula is C11H14BrNO2S. The van der Waals surface area contributed by atoms with Gasteiger partial charge in [0.1, 0.15) is 0 Å². The molecule has 1 heterocycles. The minimum Gasteiger partial charge on any atom is -0.369 e. The molecule has 1 aromatic carbocycles. The van der Waals surface area contributed by atoms with E-state index >= 15 is 0 Å². The van der Waals surface area contributed by atoms with Gasteiger partial charge in [0.2, 0.25) is 0 Å². The van der Waals surface area contributed by atoms with Crippen LogP contribution in [0.3, 0.4) is 0 Å². The van der Waals surface area contributed by atoms with Crippen molar-refractivity contribution in [2.24, 2.45) is 0 Å². The van der Waals surface area contributed by atoms with E-state index in [1.165, 1.54) is 5.56 Å². The Bertz CT molecular complexity index is 485. The fourth-order valence-electron chi connectivity index (χ4n) is 1.93. The molecule has 1 aromatic rings. The van der Waals surface area contributed by atoms with Crippen LogP contribution in [0.2, 0.25) is 0 Å². The maximum Gasteiger partial charge on any atom is 0.153 e. The standard InChI is InChI=1S/C11H14BrNO2S/c1-9-8-10(12)2-3-11(9)13-4-6-16(14,15)7-5-13/h2-3,8H,4-7H2,1H3. The topological polar surface area (TPSA) is 37.4 Å². The smallest absolute Gasteiger partial charge is 0.153 e. The van der Waals surface area contributed by atoms with E-state index in [9.17, 15) is 8.42 Å². The normalized spacial score (nSPS) is 19.8. The first-order chi connectivity index (χ1) is 7.48. The molecule has 2 rings (SSSR count). The Hall–Kier alpha value is -0.550. The number of hydrogen-bond acceptors (Lipinski definition) is 3. The van der Waals surface area contributed by atoms with E-state index in [4.69, 9.17) is 0 Å². The Morgan fingerprint density at radius 2 is 1.88 bits per heavy atom.